The molecular formula is C12H15NO2. The van der Waals surface area contributed by atoms with Gasteiger partial charge in [0.05, 0.1) is 12.1 Å². The van der Waals surface area contributed by atoms with Gasteiger partial charge < -0.3 is 10.4 Å². The molecule has 0 unspecified atom stereocenters. The maximum Gasteiger partial charge on any atom is 0.217 e. The normalized spacial score (nSPS) is 17.2. The highest BCUT2D eigenvalue weighted by atomic mass is 16.3. The SMILES string of the molecule is CC(=O)NC1(c2ccc(CO)cc2)CC1. The number of amides is 1. The topological polar surface area (TPSA) is 49.3 Å². The lowest BCUT2D eigenvalue weighted by molar-refractivity contribution is -0.120. The third-order valence-corrected chi connectivity index (χ3v) is 2.85. The molecule has 0 saturated heterocycles. The Morgan fingerprint density at radius 2 is 2.00 bits per heavy atom. The van der Waals surface area contributed by atoms with E-state index in [2.05, 4.69) is 5.32 Å². The van der Waals surface area contributed by atoms with Gasteiger partial charge in [-0.1, -0.05) is 24.3 Å². The molecule has 0 atom stereocenters. The first kappa shape index (κ1) is 10.2. The molecule has 1 aromatic rings. The maximum absolute atomic E-state index is 11.0. The molecule has 1 saturated carbocycles. The minimum Gasteiger partial charge on any atom is -0.392 e. The maximum atomic E-state index is 11.0. The third kappa shape index (κ3) is 2.02. The van der Waals surface area contributed by atoms with Crippen molar-refractivity contribution < 1.29 is 9.90 Å². The molecule has 3 nitrogen and oxygen atoms in total. The Hall–Kier alpha value is -1.35. The summed E-state index contributed by atoms with van der Waals surface area (Å²) in [6, 6.07) is 7.76. The monoisotopic (exact) mass is 205 g/mol. The second-order valence-corrected chi connectivity index (χ2v) is 4.12. The van der Waals surface area contributed by atoms with Gasteiger partial charge in [0.15, 0.2) is 0 Å². The average Bonchev–Trinajstić information content (AvgIpc) is 2.98. The molecule has 0 heterocycles. The lowest BCUT2D eigenvalue weighted by atomic mass is 10.0. The van der Waals surface area contributed by atoms with Gasteiger partial charge in [0.1, 0.15) is 0 Å². The van der Waals surface area contributed by atoms with Gasteiger partial charge in [-0.2, -0.15) is 0 Å². The fraction of sp³-hybridized carbons (Fsp3) is 0.417. The number of benzene rings is 1. The standard InChI is InChI=1S/C12H15NO2/c1-9(15)13-12(6-7-12)11-4-2-10(8-14)3-5-11/h2-5,14H,6-8H2,1H3,(H,13,15). The van der Waals surface area contributed by atoms with Crippen LogP contribution in [-0.2, 0) is 16.9 Å². The Balaban J connectivity index is 2.18. The highest BCUT2D eigenvalue weighted by Crippen LogP contribution is 2.45. The Morgan fingerprint density at radius 3 is 2.40 bits per heavy atom. The van der Waals surface area contributed by atoms with Crippen molar-refractivity contribution in [3.05, 3.63) is 35.4 Å². The van der Waals surface area contributed by atoms with Gasteiger partial charge in [0.2, 0.25) is 5.91 Å². The van der Waals surface area contributed by atoms with Crippen molar-refractivity contribution in [3.63, 3.8) is 0 Å². The number of rotatable bonds is 3. The van der Waals surface area contributed by atoms with Crippen LogP contribution < -0.4 is 5.32 Å². The van der Waals surface area contributed by atoms with Crippen LogP contribution in [0.15, 0.2) is 24.3 Å². The smallest absolute Gasteiger partial charge is 0.217 e. The molecular weight excluding hydrogens is 190 g/mol. The average molecular weight is 205 g/mol. The third-order valence-electron chi connectivity index (χ3n) is 2.85. The Bertz CT molecular complexity index is 366. The van der Waals surface area contributed by atoms with Gasteiger partial charge in [-0.15, -0.1) is 0 Å². The van der Waals surface area contributed by atoms with Crippen LogP contribution in [0.25, 0.3) is 0 Å². The van der Waals surface area contributed by atoms with Gasteiger partial charge in [-0.05, 0) is 24.0 Å². The van der Waals surface area contributed by atoms with Gasteiger partial charge >= 0.3 is 0 Å². The van der Waals surface area contributed by atoms with Crippen LogP contribution in [0, 0.1) is 0 Å². The van der Waals surface area contributed by atoms with Gasteiger partial charge in [0, 0.05) is 6.92 Å². The largest absolute Gasteiger partial charge is 0.392 e. The van der Waals surface area contributed by atoms with E-state index in [1.807, 2.05) is 24.3 Å². The second-order valence-electron chi connectivity index (χ2n) is 4.12. The van der Waals surface area contributed by atoms with E-state index in [0.29, 0.717) is 0 Å². The quantitative estimate of drug-likeness (QED) is 0.781. The molecule has 2 rings (SSSR count). The first-order valence-electron chi connectivity index (χ1n) is 5.15. The van der Waals surface area contributed by atoms with Crippen molar-refractivity contribution >= 4 is 5.91 Å². The van der Waals surface area contributed by atoms with Crippen LogP contribution in [0.5, 0.6) is 0 Å². The van der Waals surface area contributed by atoms with Crippen LogP contribution in [0.4, 0.5) is 0 Å². The predicted octanol–water partition coefficient (Wildman–Crippen LogP) is 1.30. The van der Waals surface area contributed by atoms with Crippen molar-refractivity contribution in [2.75, 3.05) is 0 Å². The number of carbonyl (C=O) groups excluding carboxylic acids is 1. The number of aliphatic hydroxyl groups excluding tert-OH is 1. The second kappa shape index (κ2) is 3.66. The summed E-state index contributed by atoms with van der Waals surface area (Å²) < 4.78 is 0. The van der Waals surface area contributed by atoms with E-state index in [1.165, 1.54) is 0 Å². The molecule has 1 fully saturated rings. The van der Waals surface area contributed by atoms with Gasteiger partial charge in [0.25, 0.3) is 0 Å². The van der Waals surface area contributed by atoms with Gasteiger partial charge in [-0.25, -0.2) is 0 Å². The van der Waals surface area contributed by atoms with Crippen LogP contribution in [0.3, 0.4) is 0 Å². The molecule has 1 aliphatic rings. The number of carbonyl (C=O) groups is 1. The molecule has 3 heteroatoms. The summed E-state index contributed by atoms with van der Waals surface area (Å²) in [5, 5.41) is 11.9. The molecule has 0 aliphatic heterocycles. The zero-order valence-electron chi connectivity index (χ0n) is 8.79. The van der Waals surface area contributed by atoms with Crippen molar-refractivity contribution in [1.29, 1.82) is 0 Å². The molecule has 15 heavy (non-hydrogen) atoms. The van der Waals surface area contributed by atoms with E-state index in [9.17, 15) is 4.79 Å². The summed E-state index contributed by atoms with van der Waals surface area (Å²) in [5.74, 6) is 0.0127. The van der Waals surface area contributed by atoms with Gasteiger partial charge in [-0.3, -0.25) is 4.79 Å². The first-order valence-corrected chi connectivity index (χ1v) is 5.15. The van der Waals surface area contributed by atoms with E-state index >= 15 is 0 Å². The van der Waals surface area contributed by atoms with E-state index in [0.717, 1.165) is 24.0 Å². The number of aliphatic hydroxyl groups is 1. The lowest BCUT2D eigenvalue weighted by Crippen LogP contribution is -2.32. The van der Waals surface area contributed by atoms with Crippen LogP contribution in [0.2, 0.25) is 0 Å². The van der Waals surface area contributed by atoms with E-state index in [4.69, 9.17) is 5.11 Å². The molecule has 1 aromatic carbocycles. The van der Waals surface area contributed by atoms with E-state index in [-0.39, 0.29) is 18.1 Å². The van der Waals surface area contributed by atoms with Crippen molar-refractivity contribution in [3.8, 4) is 0 Å². The molecule has 0 bridgehead atoms. The highest BCUT2D eigenvalue weighted by molar-refractivity contribution is 5.74. The fourth-order valence-corrected chi connectivity index (χ4v) is 1.88. The summed E-state index contributed by atoms with van der Waals surface area (Å²) in [7, 11) is 0. The summed E-state index contributed by atoms with van der Waals surface area (Å²) in [6.07, 6.45) is 2.01. The Labute approximate surface area is 89.1 Å². The van der Waals surface area contributed by atoms with Crippen LogP contribution >= 0.6 is 0 Å². The molecule has 0 aromatic heterocycles. The summed E-state index contributed by atoms with van der Waals surface area (Å²) in [4.78, 5) is 11.0. The van der Waals surface area contributed by atoms with E-state index < -0.39 is 0 Å². The molecule has 80 valence electrons. The molecule has 1 amide bonds. The first-order chi connectivity index (χ1) is 7.16. The number of hydrogen-bond acceptors (Lipinski definition) is 2. The van der Waals surface area contributed by atoms with Crippen molar-refractivity contribution in [1.82, 2.24) is 5.32 Å². The van der Waals surface area contributed by atoms with Crippen LogP contribution in [-0.4, -0.2) is 11.0 Å². The fourth-order valence-electron chi connectivity index (χ4n) is 1.88. The zero-order valence-corrected chi connectivity index (χ0v) is 8.79. The molecule has 0 spiro atoms. The Morgan fingerprint density at radius 1 is 1.40 bits per heavy atom. The highest BCUT2D eigenvalue weighted by Gasteiger charge is 2.44. The lowest BCUT2D eigenvalue weighted by Gasteiger charge is -2.16. The molecule has 0 radical (unpaired) electrons. The van der Waals surface area contributed by atoms with Crippen molar-refractivity contribution in [2.45, 2.75) is 31.9 Å². The summed E-state index contributed by atoms with van der Waals surface area (Å²) >= 11 is 0. The summed E-state index contributed by atoms with van der Waals surface area (Å²) in [6.45, 7) is 1.61. The number of nitrogens with one attached hydrogen (secondary N) is 1. The minimum absolute atomic E-state index is 0.0127. The van der Waals surface area contributed by atoms with E-state index in [1.54, 1.807) is 6.92 Å². The van der Waals surface area contributed by atoms with Crippen molar-refractivity contribution in [2.24, 2.45) is 0 Å². The minimum atomic E-state index is -0.125. The predicted molar refractivity (Wildman–Crippen MR) is 57.1 cm³/mol. The Kier molecular flexibility index (Phi) is 2.49. The van der Waals surface area contributed by atoms with Crippen LogP contribution in [0.1, 0.15) is 30.9 Å². The molecule has 2 N–H and O–H groups in total. The molecule has 1 aliphatic carbocycles. The zero-order chi connectivity index (χ0) is 10.9. The number of hydrogen-bond donors (Lipinski definition) is 2. The summed E-state index contributed by atoms with van der Waals surface area (Å²) in [5.41, 5.74) is 1.91.